The number of hydrogen-bond acceptors (Lipinski definition) is 3. The molecular weight excluding hydrogens is 260 g/mol. The summed E-state index contributed by atoms with van der Waals surface area (Å²) in [6.07, 6.45) is 1.24. The van der Waals surface area contributed by atoms with E-state index in [4.69, 9.17) is 4.74 Å². The van der Waals surface area contributed by atoms with Crippen molar-refractivity contribution in [2.24, 2.45) is 5.92 Å². The third-order valence-corrected chi connectivity index (χ3v) is 3.63. The van der Waals surface area contributed by atoms with E-state index in [-0.39, 0.29) is 0 Å². The first-order valence-corrected chi connectivity index (χ1v) is 8.22. The Hall–Kier alpha value is -1.06. The molecule has 1 unspecified atom stereocenters. The van der Waals surface area contributed by atoms with Crippen molar-refractivity contribution in [2.75, 3.05) is 33.3 Å². The van der Waals surface area contributed by atoms with E-state index in [1.807, 2.05) is 13.0 Å². The molecule has 0 radical (unpaired) electrons. The van der Waals surface area contributed by atoms with Gasteiger partial charge in [0.1, 0.15) is 5.75 Å². The average molecular weight is 292 g/mol. The number of nitrogens with one attached hydrogen (secondary N) is 1. The Morgan fingerprint density at radius 1 is 1.19 bits per heavy atom. The molecule has 0 saturated carbocycles. The van der Waals surface area contributed by atoms with Gasteiger partial charge in [-0.15, -0.1) is 0 Å². The summed E-state index contributed by atoms with van der Waals surface area (Å²) in [6, 6.07) is 8.69. The zero-order valence-corrected chi connectivity index (χ0v) is 14.4. The van der Waals surface area contributed by atoms with Gasteiger partial charge in [0.2, 0.25) is 0 Å². The fourth-order valence-electron chi connectivity index (χ4n) is 2.46. The van der Waals surface area contributed by atoms with Gasteiger partial charge in [-0.2, -0.15) is 0 Å². The summed E-state index contributed by atoms with van der Waals surface area (Å²) in [5, 5.41) is 3.59. The lowest BCUT2D eigenvalue weighted by molar-refractivity contribution is 0.269. The lowest BCUT2D eigenvalue weighted by Gasteiger charge is -2.27. The van der Waals surface area contributed by atoms with Gasteiger partial charge in [0.25, 0.3) is 0 Å². The smallest absolute Gasteiger partial charge is 0.124 e. The second kappa shape index (κ2) is 9.80. The first-order chi connectivity index (χ1) is 10.1. The fourth-order valence-corrected chi connectivity index (χ4v) is 2.46. The molecule has 1 aromatic rings. The number of rotatable bonds is 10. The summed E-state index contributed by atoms with van der Waals surface area (Å²) < 4.78 is 5.79. The van der Waals surface area contributed by atoms with Gasteiger partial charge >= 0.3 is 0 Å². The van der Waals surface area contributed by atoms with Crippen LogP contribution in [0.5, 0.6) is 5.75 Å². The fraction of sp³-hybridized carbons (Fsp3) is 0.667. The van der Waals surface area contributed by atoms with Gasteiger partial charge in [0.15, 0.2) is 0 Å². The molecule has 1 rings (SSSR count). The van der Waals surface area contributed by atoms with Gasteiger partial charge in [-0.05, 0) is 45.5 Å². The molecule has 0 fully saturated rings. The number of para-hydroxylation sites is 1. The van der Waals surface area contributed by atoms with E-state index in [1.54, 1.807) is 0 Å². The van der Waals surface area contributed by atoms with Crippen LogP contribution in [-0.2, 0) is 0 Å². The summed E-state index contributed by atoms with van der Waals surface area (Å²) in [5.41, 5.74) is 1.26. The van der Waals surface area contributed by atoms with E-state index >= 15 is 0 Å². The highest BCUT2D eigenvalue weighted by Crippen LogP contribution is 2.25. The largest absolute Gasteiger partial charge is 0.494 e. The zero-order chi connectivity index (χ0) is 15.7. The maximum Gasteiger partial charge on any atom is 0.124 e. The highest BCUT2D eigenvalue weighted by Gasteiger charge is 2.17. The summed E-state index contributed by atoms with van der Waals surface area (Å²) in [4.78, 5) is 2.41. The van der Waals surface area contributed by atoms with Crippen LogP contribution in [0, 0.1) is 5.92 Å². The second-order valence-electron chi connectivity index (χ2n) is 6.03. The molecule has 1 aromatic carbocycles. The van der Waals surface area contributed by atoms with E-state index in [2.05, 4.69) is 56.2 Å². The third kappa shape index (κ3) is 6.49. The molecule has 0 aliphatic carbocycles. The molecule has 1 N–H and O–H groups in total. The van der Waals surface area contributed by atoms with Gasteiger partial charge in [0, 0.05) is 18.2 Å². The maximum absolute atomic E-state index is 5.79. The van der Waals surface area contributed by atoms with Crippen LogP contribution in [0.1, 0.15) is 45.7 Å². The highest BCUT2D eigenvalue weighted by molar-refractivity contribution is 5.36. The molecule has 0 bridgehead atoms. The predicted molar refractivity (Wildman–Crippen MR) is 91.0 cm³/mol. The van der Waals surface area contributed by atoms with Crippen LogP contribution in [0.2, 0.25) is 0 Å². The number of likely N-dealkylation sites (N-methyl/N-ethyl adjacent to an activating group) is 2. The molecule has 0 saturated heterocycles. The molecule has 120 valence electrons. The Morgan fingerprint density at radius 3 is 2.52 bits per heavy atom. The molecule has 0 aliphatic heterocycles. The molecule has 0 aromatic heterocycles. The molecule has 3 nitrogen and oxygen atoms in total. The highest BCUT2D eigenvalue weighted by atomic mass is 16.5. The van der Waals surface area contributed by atoms with Crippen LogP contribution < -0.4 is 10.1 Å². The van der Waals surface area contributed by atoms with Crippen molar-refractivity contribution >= 4 is 0 Å². The molecule has 21 heavy (non-hydrogen) atoms. The monoisotopic (exact) mass is 292 g/mol. The van der Waals surface area contributed by atoms with Gasteiger partial charge in [-0.1, -0.05) is 39.0 Å². The van der Waals surface area contributed by atoms with Crippen LogP contribution in [0.25, 0.3) is 0 Å². The van der Waals surface area contributed by atoms with Crippen molar-refractivity contribution < 1.29 is 4.74 Å². The van der Waals surface area contributed by atoms with E-state index in [0.717, 1.165) is 31.3 Å². The van der Waals surface area contributed by atoms with Gasteiger partial charge in [0.05, 0.1) is 6.61 Å². The van der Waals surface area contributed by atoms with Crippen LogP contribution in [0.3, 0.4) is 0 Å². The van der Waals surface area contributed by atoms with E-state index in [9.17, 15) is 0 Å². The van der Waals surface area contributed by atoms with Crippen molar-refractivity contribution in [3.63, 3.8) is 0 Å². The summed E-state index contributed by atoms with van der Waals surface area (Å²) in [6.45, 7) is 12.6. The Morgan fingerprint density at radius 2 is 1.90 bits per heavy atom. The van der Waals surface area contributed by atoms with Gasteiger partial charge < -0.3 is 15.0 Å². The standard InChI is InChI=1S/C18H32N2O/c1-6-19-17(14-20(5)13-12-15(3)4)16-10-8-9-11-18(16)21-7-2/h8-11,15,17,19H,6-7,12-14H2,1-5H3. The second-order valence-corrected chi connectivity index (χ2v) is 6.03. The number of ether oxygens (including phenoxy) is 1. The van der Waals surface area contributed by atoms with Crippen molar-refractivity contribution in [3.8, 4) is 5.75 Å². The summed E-state index contributed by atoms with van der Waals surface area (Å²) >= 11 is 0. The van der Waals surface area contributed by atoms with Crippen molar-refractivity contribution in [1.29, 1.82) is 0 Å². The first kappa shape index (κ1) is 18.0. The van der Waals surface area contributed by atoms with Crippen LogP contribution in [0.15, 0.2) is 24.3 Å². The van der Waals surface area contributed by atoms with Crippen molar-refractivity contribution in [3.05, 3.63) is 29.8 Å². The molecular formula is C18H32N2O. The molecule has 0 spiro atoms. The minimum absolute atomic E-state index is 0.315. The van der Waals surface area contributed by atoms with Crippen molar-refractivity contribution in [1.82, 2.24) is 10.2 Å². The number of nitrogens with zero attached hydrogens (tertiary/aromatic N) is 1. The molecule has 3 heteroatoms. The molecule has 0 aliphatic rings. The first-order valence-electron chi connectivity index (χ1n) is 8.22. The minimum atomic E-state index is 0.315. The number of benzene rings is 1. The SMILES string of the molecule is CCNC(CN(C)CCC(C)C)c1ccccc1OCC. The van der Waals surface area contributed by atoms with E-state index in [0.29, 0.717) is 12.6 Å². The third-order valence-electron chi connectivity index (χ3n) is 3.63. The van der Waals surface area contributed by atoms with Crippen molar-refractivity contribution in [2.45, 2.75) is 40.2 Å². The Labute approximate surface area is 130 Å². The lowest BCUT2D eigenvalue weighted by Crippen LogP contribution is -2.34. The van der Waals surface area contributed by atoms with Crippen LogP contribution in [0.4, 0.5) is 0 Å². The maximum atomic E-state index is 5.79. The van der Waals surface area contributed by atoms with E-state index < -0.39 is 0 Å². The van der Waals surface area contributed by atoms with E-state index in [1.165, 1.54) is 12.0 Å². The Balaban J connectivity index is 2.76. The zero-order valence-electron chi connectivity index (χ0n) is 14.4. The quantitative estimate of drug-likeness (QED) is 0.711. The summed E-state index contributed by atoms with van der Waals surface area (Å²) in [5.74, 6) is 1.75. The van der Waals surface area contributed by atoms with Gasteiger partial charge in [-0.25, -0.2) is 0 Å². The van der Waals surface area contributed by atoms with Crippen LogP contribution in [-0.4, -0.2) is 38.2 Å². The average Bonchev–Trinajstić information content (AvgIpc) is 2.46. The van der Waals surface area contributed by atoms with Crippen LogP contribution >= 0.6 is 0 Å². The molecule has 0 amide bonds. The Bertz CT molecular complexity index is 393. The minimum Gasteiger partial charge on any atom is -0.494 e. The number of hydrogen-bond donors (Lipinski definition) is 1. The topological polar surface area (TPSA) is 24.5 Å². The molecule has 0 heterocycles. The van der Waals surface area contributed by atoms with Gasteiger partial charge in [-0.3, -0.25) is 0 Å². The lowest BCUT2D eigenvalue weighted by atomic mass is 10.0. The predicted octanol–water partition coefficient (Wildman–Crippen LogP) is 3.71. The summed E-state index contributed by atoms with van der Waals surface area (Å²) in [7, 11) is 2.20. The normalized spacial score (nSPS) is 12.9. The Kier molecular flexibility index (Phi) is 8.40. The molecule has 1 atom stereocenters.